The standard InChI is InChI=1S/C8H9IO2/c9-6-11-8-4-2-1-3-7(8)5-10/h1-4,10H,5-6H2. The predicted molar refractivity (Wildman–Crippen MR) is 51.9 cm³/mol. The first kappa shape index (κ1) is 8.80. The summed E-state index contributed by atoms with van der Waals surface area (Å²) in [7, 11) is 0. The lowest BCUT2D eigenvalue weighted by Gasteiger charge is -2.05. The Morgan fingerprint density at radius 3 is 2.73 bits per heavy atom. The lowest BCUT2D eigenvalue weighted by molar-refractivity contribution is 0.273. The van der Waals surface area contributed by atoms with E-state index in [-0.39, 0.29) is 6.61 Å². The van der Waals surface area contributed by atoms with Crippen molar-refractivity contribution in [3.8, 4) is 5.75 Å². The molecule has 0 bridgehead atoms. The van der Waals surface area contributed by atoms with Crippen LogP contribution < -0.4 is 4.74 Å². The highest BCUT2D eigenvalue weighted by atomic mass is 127. The Balaban J connectivity index is 2.83. The monoisotopic (exact) mass is 264 g/mol. The molecule has 0 saturated carbocycles. The summed E-state index contributed by atoms with van der Waals surface area (Å²) in [6, 6.07) is 7.47. The molecule has 11 heavy (non-hydrogen) atoms. The van der Waals surface area contributed by atoms with Gasteiger partial charge in [0.05, 0.1) is 6.61 Å². The maximum atomic E-state index is 8.86. The van der Waals surface area contributed by atoms with Crippen molar-refractivity contribution in [3.05, 3.63) is 29.8 Å². The zero-order valence-corrected chi connectivity index (χ0v) is 8.11. The molecule has 0 fully saturated rings. The third-order valence-corrected chi connectivity index (χ3v) is 1.66. The van der Waals surface area contributed by atoms with Crippen LogP contribution >= 0.6 is 22.6 Å². The first-order chi connectivity index (χ1) is 5.38. The number of ether oxygens (including phenoxy) is 1. The van der Waals surface area contributed by atoms with Gasteiger partial charge in [-0.05, 0) is 28.7 Å². The first-order valence-electron chi connectivity index (χ1n) is 3.26. The SMILES string of the molecule is OCc1ccccc1OCI. The molecule has 60 valence electrons. The van der Waals surface area contributed by atoms with Crippen LogP contribution in [0.4, 0.5) is 0 Å². The second kappa shape index (κ2) is 4.56. The summed E-state index contributed by atoms with van der Waals surface area (Å²) < 4.78 is 5.86. The topological polar surface area (TPSA) is 29.5 Å². The van der Waals surface area contributed by atoms with Crippen molar-refractivity contribution >= 4 is 22.6 Å². The Kier molecular flexibility index (Phi) is 3.65. The van der Waals surface area contributed by atoms with Crippen molar-refractivity contribution < 1.29 is 9.84 Å². The highest BCUT2D eigenvalue weighted by Crippen LogP contribution is 2.17. The molecular formula is C8H9IO2. The Morgan fingerprint density at radius 1 is 1.36 bits per heavy atom. The van der Waals surface area contributed by atoms with E-state index in [0.717, 1.165) is 11.3 Å². The van der Waals surface area contributed by atoms with Crippen molar-refractivity contribution in [3.63, 3.8) is 0 Å². The number of halogens is 1. The van der Waals surface area contributed by atoms with Gasteiger partial charge in [0, 0.05) is 5.56 Å². The molecule has 0 spiro atoms. The number of rotatable bonds is 3. The van der Waals surface area contributed by atoms with Gasteiger partial charge in [-0.1, -0.05) is 18.2 Å². The first-order valence-corrected chi connectivity index (χ1v) is 4.78. The van der Waals surface area contributed by atoms with Gasteiger partial charge in [0.1, 0.15) is 10.4 Å². The molecule has 1 aromatic rings. The van der Waals surface area contributed by atoms with Crippen LogP contribution in [0.1, 0.15) is 5.56 Å². The molecule has 1 rings (SSSR count). The van der Waals surface area contributed by atoms with Crippen LogP contribution in [0.3, 0.4) is 0 Å². The highest BCUT2D eigenvalue weighted by molar-refractivity contribution is 14.1. The molecule has 0 radical (unpaired) electrons. The fourth-order valence-corrected chi connectivity index (χ4v) is 1.17. The van der Waals surface area contributed by atoms with Gasteiger partial charge in [-0.3, -0.25) is 0 Å². The Labute approximate surface area is 79.3 Å². The molecule has 3 heteroatoms. The maximum Gasteiger partial charge on any atom is 0.139 e. The summed E-state index contributed by atoms with van der Waals surface area (Å²) in [5.74, 6) is 0.768. The van der Waals surface area contributed by atoms with E-state index in [1.165, 1.54) is 0 Å². The number of hydrogen-bond donors (Lipinski definition) is 1. The van der Waals surface area contributed by atoms with Crippen LogP contribution in [0.2, 0.25) is 0 Å². The van der Waals surface area contributed by atoms with E-state index in [0.29, 0.717) is 4.61 Å². The fraction of sp³-hybridized carbons (Fsp3) is 0.250. The molecule has 0 aliphatic rings. The second-order valence-corrected chi connectivity index (χ2v) is 2.64. The van der Waals surface area contributed by atoms with Gasteiger partial charge in [-0.25, -0.2) is 0 Å². The number of aliphatic hydroxyl groups excluding tert-OH is 1. The van der Waals surface area contributed by atoms with E-state index in [1.807, 2.05) is 24.3 Å². The highest BCUT2D eigenvalue weighted by Gasteiger charge is 1.98. The number of alkyl halides is 1. The second-order valence-electron chi connectivity index (χ2n) is 2.02. The van der Waals surface area contributed by atoms with E-state index in [9.17, 15) is 0 Å². The van der Waals surface area contributed by atoms with Crippen LogP contribution in [-0.2, 0) is 6.61 Å². The molecule has 1 aromatic carbocycles. The van der Waals surface area contributed by atoms with E-state index >= 15 is 0 Å². The van der Waals surface area contributed by atoms with Crippen molar-refractivity contribution in [2.24, 2.45) is 0 Å². The average molecular weight is 264 g/mol. The Hall–Kier alpha value is -0.290. The van der Waals surface area contributed by atoms with Crippen molar-refractivity contribution in [1.29, 1.82) is 0 Å². The lowest BCUT2D eigenvalue weighted by atomic mass is 10.2. The van der Waals surface area contributed by atoms with Gasteiger partial charge in [0.2, 0.25) is 0 Å². The van der Waals surface area contributed by atoms with Gasteiger partial charge >= 0.3 is 0 Å². The summed E-state index contributed by atoms with van der Waals surface area (Å²) in [4.78, 5) is 0. The van der Waals surface area contributed by atoms with Crippen molar-refractivity contribution in [2.75, 3.05) is 4.61 Å². The van der Waals surface area contributed by atoms with Crippen molar-refractivity contribution in [1.82, 2.24) is 0 Å². The fourth-order valence-electron chi connectivity index (χ4n) is 0.834. The summed E-state index contributed by atoms with van der Waals surface area (Å²) in [6.07, 6.45) is 0. The molecule has 0 aliphatic heterocycles. The van der Waals surface area contributed by atoms with Crippen LogP contribution in [-0.4, -0.2) is 9.72 Å². The molecule has 0 heterocycles. The quantitative estimate of drug-likeness (QED) is 0.668. The third kappa shape index (κ3) is 2.34. The zero-order chi connectivity index (χ0) is 8.10. The number of aliphatic hydroxyl groups is 1. The van der Waals surface area contributed by atoms with Gasteiger partial charge in [-0.2, -0.15) is 0 Å². The third-order valence-electron chi connectivity index (χ3n) is 1.35. The molecule has 0 amide bonds. The normalized spacial score (nSPS) is 9.64. The number of para-hydroxylation sites is 1. The summed E-state index contributed by atoms with van der Waals surface area (Å²) in [5.41, 5.74) is 0.837. The van der Waals surface area contributed by atoms with Crippen LogP contribution in [0.25, 0.3) is 0 Å². The molecule has 0 unspecified atom stereocenters. The minimum absolute atomic E-state index is 0.0345. The number of hydrogen-bond acceptors (Lipinski definition) is 2. The Bertz CT molecular complexity index is 225. The van der Waals surface area contributed by atoms with Gasteiger partial charge in [-0.15, -0.1) is 0 Å². The van der Waals surface area contributed by atoms with Crippen molar-refractivity contribution in [2.45, 2.75) is 6.61 Å². The van der Waals surface area contributed by atoms with Crippen LogP contribution in [0.5, 0.6) is 5.75 Å². The average Bonchev–Trinajstić information content (AvgIpc) is 2.06. The summed E-state index contributed by atoms with van der Waals surface area (Å²) in [6.45, 7) is 0.0345. The van der Waals surface area contributed by atoms with Gasteiger partial charge in [0.25, 0.3) is 0 Å². The molecular weight excluding hydrogens is 255 g/mol. The minimum Gasteiger partial charge on any atom is -0.483 e. The molecule has 0 aromatic heterocycles. The zero-order valence-electron chi connectivity index (χ0n) is 5.96. The predicted octanol–water partition coefficient (Wildman–Crippen LogP) is 1.95. The number of benzene rings is 1. The molecule has 2 nitrogen and oxygen atoms in total. The summed E-state index contributed by atoms with van der Waals surface area (Å²) >= 11 is 2.12. The minimum atomic E-state index is 0.0345. The van der Waals surface area contributed by atoms with Gasteiger partial charge in [0.15, 0.2) is 0 Å². The van der Waals surface area contributed by atoms with E-state index in [1.54, 1.807) is 0 Å². The maximum absolute atomic E-state index is 8.86. The largest absolute Gasteiger partial charge is 0.483 e. The molecule has 1 N–H and O–H groups in total. The lowest BCUT2D eigenvalue weighted by Crippen LogP contribution is -1.93. The van der Waals surface area contributed by atoms with Crippen LogP contribution in [0, 0.1) is 0 Å². The summed E-state index contributed by atoms with van der Waals surface area (Å²) in [5, 5.41) is 8.86. The van der Waals surface area contributed by atoms with E-state index in [2.05, 4.69) is 22.6 Å². The van der Waals surface area contributed by atoms with E-state index in [4.69, 9.17) is 9.84 Å². The van der Waals surface area contributed by atoms with Crippen LogP contribution in [0.15, 0.2) is 24.3 Å². The molecule has 0 saturated heterocycles. The van der Waals surface area contributed by atoms with Gasteiger partial charge < -0.3 is 9.84 Å². The molecule has 0 atom stereocenters. The molecule has 0 aliphatic carbocycles. The van der Waals surface area contributed by atoms with E-state index < -0.39 is 0 Å². The smallest absolute Gasteiger partial charge is 0.139 e. The Morgan fingerprint density at radius 2 is 2.09 bits per heavy atom.